The van der Waals surface area contributed by atoms with Crippen LogP contribution in [0.25, 0.3) is 0 Å². The van der Waals surface area contributed by atoms with Crippen LogP contribution in [0, 0.1) is 6.92 Å². The first-order valence-corrected chi connectivity index (χ1v) is 11.2. The molecule has 5 heterocycles. The molecule has 0 unspecified atom stereocenters. The Morgan fingerprint density at radius 1 is 1.18 bits per heavy atom. The number of hydrogen-bond acceptors (Lipinski definition) is 10. The van der Waals surface area contributed by atoms with Crippen molar-refractivity contribution >= 4 is 45.9 Å². The number of carbonyl (C=O) groups is 2. The zero-order valence-electron chi connectivity index (χ0n) is 17.8. The van der Waals surface area contributed by atoms with Crippen LogP contribution in [0.15, 0.2) is 24.5 Å². The number of aryl methyl sites for hydroxylation is 1. The van der Waals surface area contributed by atoms with Crippen LogP contribution in [0.4, 0.5) is 22.7 Å². The minimum atomic E-state index is -1.03. The molecule has 11 nitrogen and oxygen atoms in total. The van der Waals surface area contributed by atoms with Crippen molar-refractivity contribution in [3.05, 3.63) is 46.2 Å². The fourth-order valence-electron chi connectivity index (χ4n) is 3.88. The van der Waals surface area contributed by atoms with Gasteiger partial charge in [-0.3, -0.25) is 20.0 Å². The summed E-state index contributed by atoms with van der Waals surface area (Å²) in [5, 5.41) is 12.8. The molecular weight excluding hydrogens is 446 g/mol. The van der Waals surface area contributed by atoms with Gasteiger partial charge in [0.25, 0.3) is 0 Å². The number of aromatic carboxylic acids is 1. The van der Waals surface area contributed by atoms with Gasteiger partial charge in [-0.15, -0.1) is 0 Å². The standard InChI is InChI=1S/C21H21N7O4S/c1-12-16(19(30)31)33-21(23-12)26-20-24-17(27-6-8-32-9-7-27)14-10-15(29)28(18(14)25-20)11-13-2-4-22-5-3-13/h2-5H,6-11H2,1H3,(H,30,31)(H,23,24,25,26). The summed E-state index contributed by atoms with van der Waals surface area (Å²) in [4.78, 5) is 45.9. The van der Waals surface area contributed by atoms with Crippen molar-refractivity contribution in [2.75, 3.05) is 41.4 Å². The number of nitrogens with one attached hydrogen (secondary N) is 1. The Kier molecular flexibility index (Phi) is 5.60. The molecule has 12 heteroatoms. The molecule has 0 aromatic carbocycles. The Morgan fingerprint density at radius 3 is 2.61 bits per heavy atom. The number of aromatic nitrogens is 4. The number of fused-ring (bicyclic) bond motifs is 1. The van der Waals surface area contributed by atoms with Crippen LogP contribution in [-0.2, 0) is 22.5 Å². The summed E-state index contributed by atoms with van der Waals surface area (Å²) >= 11 is 1.02. The zero-order chi connectivity index (χ0) is 22.9. The third-order valence-corrected chi connectivity index (χ3v) is 6.52. The first-order chi connectivity index (χ1) is 16.0. The highest BCUT2D eigenvalue weighted by atomic mass is 32.1. The Morgan fingerprint density at radius 2 is 1.91 bits per heavy atom. The normalized spacial score (nSPS) is 15.6. The van der Waals surface area contributed by atoms with E-state index in [9.17, 15) is 14.7 Å². The van der Waals surface area contributed by atoms with Gasteiger partial charge in [0.1, 0.15) is 16.5 Å². The van der Waals surface area contributed by atoms with E-state index in [1.165, 1.54) is 0 Å². The molecule has 0 bridgehead atoms. The van der Waals surface area contributed by atoms with Crippen LogP contribution in [0.1, 0.15) is 26.5 Å². The van der Waals surface area contributed by atoms with Gasteiger partial charge in [-0.25, -0.2) is 9.78 Å². The molecule has 1 saturated heterocycles. The zero-order valence-corrected chi connectivity index (χ0v) is 18.6. The van der Waals surface area contributed by atoms with Crippen LogP contribution in [0.3, 0.4) is 0 Å². The molecule has 5 rings (SSSR count). The molecule has 0 spiro atoms. The number of thiazole rings is 1. The highest BCUT2D eigenvalue weighted by Gasteiger charge is 2.34. The van der Waals surface area contributed by atoms with Gasteiger partial charge >= 0.3 is 5.97 Å². The highest BCUT2D eigenvalue weighted by Crippen LogP contribution is 2.37. The molecular formula is C21H21N7O4S. The monoisotopic (exact) mass is 467 g/mol. The summed E-state index contributed by atoms with van der Waals surface area (Å²) in [5.74, 6) is 0.401. The second-order valence-electron chi connectivity index (χ2n) is 7.65. The number of nitrogens with zero attached hydrogens (tertiary/aromatic N) is 6. The second kappa shape index (κ2) is 8.71. The third-order valence-electron chi connectivity index (χ3n) is 5.46. The quantitative estimate of drug-likeness (QED) is 0.554. The fourth-order valence-corrected chi connectivity index (χ4v) is 4.68. The van der Waals surface area contributed by atoms with Crippen molar-refractivity contribution in [3.63, 3.8) is 0 Å². The Hall–Kier alpha value is -3.64. The minimum Gasteiger partial charge on any atom is -0.477 e. The van der Waals surface area contributed by atoms with Crippen LogP contribution in [0.5, 0.6) is 0 Å². The maximum atomic E-state index is 13.0. The molecule has 2 aliphatic rings. The summed E-state index contributed by atoms with van der Waals surface area (Å²) in [7, 11) is 0. The molecule has 1 fully saturated rings. The summed E-state index contributed by atoms with van der Waals surface area (Å²) in [6.45, 7) is 4.46. The number of amides is 1. The average Bonchev–Trinajstić information content (AvgIpc) is 3.34. The van der Waals surface area contributed by atoms with Gasteiger partial charge in [0.05, 0.1) is 31.9 Å². The van der Waals surface area contributed by atoms with Crippen LogP contribution in [-0.4, -0.2) is 63.2 Å². The molecule has 0 aliphatic carbocycles. The van der Waals surface area contributed by atoms with Gasteiger partial charge in [-0.1, -0.05) is 11.3 Å². The summed E-state index contributed by atoms with van der Waals surface area (Å²) in [6.07, 6.45) is 3.59. The average molecular weight is 468 g/mol. The number of carbonyl (C=O) groups excluding carboxylic acids is 1. The highest BCUT2D eigenvalue weighted by molar-refractivity contribution is 7.17. The number of pyridine rings is 1. The molecule has 33 heavy (non-hydrogen) atoms. The van der Waals surface area contributed by atoms with Crippen molar-refractivity contribution in [1.29, 1.82) is 0 Å². The predicted molar refractivity (Wildman–Crippen MR) is 121 cm³/mol. The lowest BCUT2D eigenvalue weighted by Gasteiger charge is -2.29. The van der Waals surface area contributed by atoms with Gasteiger partial charge in [-0.2, -0.15) is 9.97 Å². The van der Waals surface area contributed by atoms with E-state index in [2.05, 4.69) is 25.2 Å². The second-order valence-corrected chi connectivity index (χ2v) is 8.65. The lowest BCUT2D eigenvalue weighted by Crippen LogP contribution is -2.37. The summed E-state index contributed by atoms with van der Waals surface area (Å²) in [5.41, 5.74) is 2.14. The van der Waals surface area contributed by atoms with Crippen molar-refractivity contribution in [3.8, 4) is 0 Å². The van der Waals surface area contributed by atoms with E-state index in [0.29, 0.717) is 55.3 Å². The van der Waals surface area contributed by atoms with E-state index in [4.69, 9.17) is 9.72 Å². The number of morpholine rings is 1. The predicted octanol–water partition coefficient (Wildman–Crippen LogP) is 2.00. The number of carboxylic acid groups (broad SMARTS) is 1. The molecule has 0 saturated carbocycles. The van der Waals surface area contributed by atoms with E-state index in [0.717, 1.165) is 22.5 Å². The molecule has 3 aromatic heterocycles. The third kappa shape index (κ3) is 4.22. The summed E-state index contributed by atoms with van der Waals surface area (Å²) in [6, 6.07) is 3.72. The van der Waals surface area contributed by atoms with Gasteiger partial charge < -0.3 is 14.7 Å². The molecule has 2 N–H and O–H groups in total. The molecule has 2 aliphatic heterocycles. The van der Waals surface area contributed by atoms with Gasteiger partial charge in [0.15, 0.2) is 5.13 Å². The Bertz CT molecular complexity index is 1210. The molecule has 0 radical (unpaired) electrons. The topological polar surface area (TPSA) is 134 Å². The Labute approximate surface area is 193 Å². The van der Waals surface area contributed by atoms with E-state index < -0.39 is 5.97 Å². The lowest BCUT2D eigenvalue weighted by atomic mass is 10.2. The minimum absolute atomic E-state index is 0.0546. The maximum absolute atomic E-state index is 13.0. The van der Waals surface area contributed by atoms with Gasteiger partial charge in [0, 0.05) is 31.0 Å². The van der Waals surface area contributed by atoms with E-state index >= 15 is 0 Å². The van der Waals surface area contributed by atoms with E-state index in [-0.39, 0.29) is 23.2 Å². The van der Waals surface area contributed by atoms with Crippen LogP contribution < -0.4 is 15.1 Å². The van der Waals surface area contributed by atoms with Crippen molar-refractivity contribution in [2.24, 2.45) is 0 Å². The van der Waals surface area contributed by atoms with E-state index in [1.54, 1.807) is 24.2 Å². The molecule has 1 amide bonds. The SMILES string of the molecule is Cc1nc(Nc2nc(N3CCOCC3)c3c(n2)N(Cc2ccncc2)C(=O)C3)sc1C(=O)O. The van der Waals surface area contributed by atoms with Crippen LogP contribution >= 0.6 is 11.3 Å². The van der Waals surface area contributed by atoms with E-state index in [1.807, 2.05) is 12.1 Å². The first kappa shape index (κ1) is 21.2. The number of anilines is 4. The molecule has 3 aromatic rings. The smallest absolute Gasteiger partial charge is 0.347 e. The Balaban J connectivity index is 1.54. The molecule has 0 atom stereocenters. The first-order valence-electron chi connectivity index (χ1n) is 10.4. The fraction of sp³-hybridized carbons (Fsp3) is 0.333. The maximum Gasteiger partial charge on any atom is 0.347 e. The lowest BCUT2D eigenvalue weighted by molar-refractivity contribution is -0.117. The summed E-state index contributed by atoms with van der Waals surface area (Å²) < 4.78 is 5.48. The number of ether oxygens (including phenoxy) is 1. The number of carboxylic acids is 1. The number of rotatable bonds is 6. The van der Waals surface area contributed by atoms with Gasteiger partial charge in [0.2, 0.25) is 11.9 Å². The molecule has 170 valence electrons. The largest absolute Gasteiger partial charge is 0.477 e. The van der Waals surface area contributed by atoms with Crippen molar-refractivity contribution < 1.29 is 19.4 Å². The number of hydrogen-bond donors (Lipinski definition) is 2. The van der Waals surface area contributed by atoms with Crippen molar-refractivity contribution in [1.82, 2.24) is 19.9 Å². The van der Waals surface area contributed by atoms with Crippen LogP contribution in [0.2, 0.25) is 0 Å². The van der Waals surface area contributed by atoms with Gasteiger partial charge in [-0.05, 0) is 24.6 Å². The van der Waals surface area contributed by atoms with Crippen molar-refractivity contribution in [2.45, 2.75) is 19.9 Å².